The number of ether oxygens (including phenoxy) is 2. The van der Waals surface area contributed by atoms with E-state index in [0.29, 0.717) is 12.1 Å². The van der Waals surface area contributed by atoms with Crippen molar-refractivity contribution < 1.29 is 9.47 Å². The van der Waals surface area contributed by atoms with Crippen LogP contribution in [-0.4, -0.2) is 49.1 Å². The van der Waals surface area contributed by atoms with Gasteiger partial charge >= 0.3 is 0 Å². The molecule has 0 bridgehead atoms. The molecule has 1 spiro atoms. The van der Waals surface area contributed by atoms with Crippen molar-refractivity contribution in [2.24, 2.45) is 5.73 Å². The summed E-state index contributed by atoms with van der Waals surface area (Å²) in [5, 5.41) is 0. The molecule has 1 aliphatic heterocycles. The fraction of sp³-hybridized carbons (Fsp3) is 1.00. The van der Waals surface area contributed by atoms with Crippen LogP contribution in [0.3, 0.4) is 0 Å². The Morgan fingerprint density at radius 3 is 2.42 bits per heavy atom. The molecule has 2 atom stereocenters. The number of nitrogens with two attached hydrogens (primary N) is 1. The fourth-order valence-corrected chi connectivity index (χ4v) is 4.12. The average Bonchev–Trinajstić information content (AvgIpc) is 2.90. The summed E-state index contributed by atoms with van der Waals surface area (Å²) in [6, 6.07) is 1.39. The molecule has 1 saturated heterocycles. The molecule has 110 valence electrons. The minimum absolute atomic E-state index is 0.269. The Labute approximate surface area is 116 Å². The second-order valence-electron chi connectivity index (χ2n) is 6.54. The van der Waals surface area contributed by atoms with Gasteiger partial charge in [-0.2, -0.15) is 0 Å². The van der Waals surface area contributed by atoms with Crippen molar-refractivity contribution in [3.63, 3.8) is 0 Å². The number of rotatable bonds is 2. The lowest BCUT2D eigenvalue weighted by molar-refractivity contribution is -0.192. The van der Waals surface area contributed by atoms with Gasteiger partial charge in [-0.15, -0.1) is 0 Å². The molecule has 2 saturated carbocycles. The zero-order valence-electron chi connectivity index (χ0n) is 12.1. The number of hydrogen-bond acceptors (Lipinski definition) is 4. The molecule has 4 heteroatoms. The quantitative estimate of drug-likeness (QED) is 0.830. The van der Waals surface area contributed by atoms with Crippen LogP contribution >= 0.6 is 0 Å². The SMILES string of the molecule is CN(C1CCCCC1)C1CC2(CCC1N)OCCO2. The Hall–Kier alpha value is -0.160. The predicted molar refractivity (Wildman–Crippen MR) is 74.9 cm³/mol. The molecule has 4 nitrogen and oxygen atoms in total. The number of nitrogens with zero attached hydrogens (tertiary/aromatic N) is 1. The maximum Gasteiger partial charge on any atom is 0.170 e. The summed E-state index contributed by atoms with van der Waals surface area (Å²) in [4.78, 5) is 2.54. The average molecular weight is 268 g/mol. The molecule has 3 fully saturated rings. The lowest BCUT2D eigenvalue weighted by Gasteiger charge is -2.46. The zero-order valence-corrected chi connectivity index (χ0v) is 12.1. The molecule has 3 rings (SSSR count). The lowest BCUT2D eigenvalue weighted by Crippen LogP contribution is -2.57. The monoisotopic (exact) mass is 268 g/mol. The number of hydrogen-bond donors (Lipinski definition) is 1. The molecule has 2 aliphatic carbocycles. The molecule has 3 aliphatic rings. The highest BCUT2D eigenvalue weighted by Gasteiger charge is 2.46. The van der Waals surface area contributed by atoms with E-state index in [-0.39, 0.29) is 11.8 Å². The lowest BCUT2D eigenvalue weighted by atomic mass is 9.83. The third kappa shape index (κ3) is 2.82. The Balaban J connectivity index is 1.66. The molecule has 19 heavy (non-hydrogen) atoms. The molecule has 0 amide bonds. The first kappa shape index (κ1) is 13.8. The van der Waals surface area contributed by atoms with E-state index in [1.807, 2.05) is 0 Å². The summed E-state index contributed by atoms with van der Waals surface area (Å²) in [5.74, 6) is -0.316. The van der Waals surface area contributed by atoms with Crippen LogP contribution in [0.1, 0.15) is 51.4 Å². The largest absolute Gasteiger partial charge is 0.347 e. The van der Waals surface area contributed by atoms with Gasteiger partial charge in [-0.1, -0.05) is 19.3 Å². The molecule has 0 aromatic carbocycles. The highest BCUT2D eigenvalue weighted by molar-refractivity contribution is 4.96. The summed E-state index contributed by atoms with van der Waals surface area (Å²) < 4.78 is 11.8. The molecular weight excluding hydrogens is 240 g/mol. The predicted octanol–water partition coefficient (Wildman–Crippen LogP) is 1.87. The van der Waals surface area contributed by atoms with E-state index < -0.39 is 0 Å². The summed E-state index contributed by atoms with van der Waals surface area (Å²) in [5.41, 5.74) is 6.38. The van der Waals surface area contributed by atoms with E-state index in [4.69, 9.17) is 15.2 Å². The van der Waals surface area contributed by atoms with Crippen LogP contribution in [0.15, 0.2) is 0 Å². The van der Waals surface area contributed by atoms with E-state index in [9.17, 15) is 0 Å². The highest BCUT2D eigenvalue weighted by Crippen LogP contribution is 2.38. The Bertz CT molecular complexity index is 299. The topological polar surface area (TPSA) is 47.7 Å². The van der Waals surface area contributed by atoms with Crippen LogP contribution in [0.2, 0.25) is 0 Å². The van der Waals surface area contributed by atoms with Crippen LogP contribution in [0.4, 0.5) is 0 Å². The van der Waals surface area contributed by atoms with Crippen molar-refractivity contribution in [3.8, 4) is 0 Å². The van der Waals surface area contributed by atoms with Gasteiger partial charge in [-0.05, 0) is 26.3 Å². The van der Waals surface area contributed by atoms with Crippen LogP contribution < -0.4 is 5.73 Å². The molecule has 0 aromatic heterocycles. The van der Waals surface area contributed by atoms with Gasteiger partial charge in [0.05, 0.1) is 13.2 Å². The van der Waals surface area contributed by atoms with Crippen molar-refractivity contribution >= 4 is 0 Å². The van der Waals surface area contributed by atoms with Crippen LogP contribution in [0.5, 0.6) is 0 Å². The standard InChI is InChI=1S/C15H28N2O2/c1-17(12-5-3-2-4-6-12)14-11-15(8-7-13(14)16)18-9-10-19-15/h12-14H,2-11,16H2,1H3. The van der Waals surface area contributed by atoms with Gasteiger partial charge in [0.15, 0.2) is 5.79 Å². The minimum Gasteiger partial charge on any atom is -0.347 e. The van der Waals surface area contributed by atoms with Crippen molar-refractivity contribution in [2.75, 3.05) is 20.3 Å². The summed E-state index contributed by atoms with van der Waals surface area (Å²) in [6.07, 6.45) is 9.72. The molecule has 2 N–H and O–H groups in total. The maximum atomic E-state index is 6.38. The van der Waals surface area contributed by atoms with Crippen molar-refractivity contribution in [1.29, 1.82) is 0 Å². The number of likely N-dealkylation sites (N-methyl/N-ethyl adjacent to an activating group) is 1. The normalized spacial score (nSPS) is 36.2. The van der Waals surface area contributed by atoms with Crippen LogP contribution in [-0.2, 0) is 9.47 Å². The van der Waals surface area contributed by atoms with Gasteiger partial charge in [-0.25, -0.2) is 0 Å². The molecular formula is C15H28N2O2. The van der Waals surface area contributed by atoms with E-state index in [1.54, 1.807) is 0 Å². The van der Waals surface area contributed by atoms with E-state index in [0.717, 1.165) is 32.5 Å². The Morgan fingerprint density at radius 1 is 1.05 bits per heavy atom. The van der Waals surface area contributed by atoms with E-state index in [1.165, 1.54) is 32.1 Å². The van der Waals surface area contributed by atoms with Gasteiger partial charge in [0.2, 0.25) is 0 Å². The first-order valence-corrected chi connectivity index (χ1v) is 7.96. The highest BCUT2D eigenvalue weighted by atomic mass is 16.7. The maximum absolute atomic E-state index is 6.38. The summed E-state index contributed by atoms with van der Waals surface area (Å²) in [6.45, 7) is 1.49. The molecule has 0 radical (unpaired) electrons. The molecule has 2 unspecified atom stereocenters. The van der Waals surface area contributed by atoms with Crippen molar-refractivity contribution in [1.82, 2.24) is 4.90 Å². The van der Waals surface area contributed by atoms with Gasteiger partial charge in [0.1, 0.15) is 0 Å². The minimum atomic E-state index is -0.316. The van der Waals surface area contributed by atoms with Crippen molar-refractivity contribution in [2.45, 2.75) is 75.3 Å². The Morgan fingerprint density at radius 2 is 1.74 bits per heavy atom. The van der Waals surface area contributed by atoms with Gasteiger partial charge in [0, 0.05) is 31.0 Å². The fourth-order valence-electron chi connectivity index (χ4n) is 4.12. The third-order valence-corrected chi connectivity index (χ3v) is 5.36. The first-order chi connectivity index (χ1) is 9.20. The smallest absolute Gasteiger partial charge is 0.170 e. The Kier molecular flexibility index (Phi) is 4.13. The second-order valence-corrected chi connectivity index (χ2v) is 6.54. The molecule has 0 aromatic rings. The summed E-state index contributed by atoms with van der Waals surface area (Å²) >= 11 is 0. The van der Waals surface area contributed by atoms with Crippen molar-refractivity contribution in [3.05, 3.63) is 0 Å². The van der Waals surface area contributed by atoms with Gasteiger partial charge in [-0.3, -0.25) is 4.90 Å². The molecule has 1 heterocycles. The second kappa shape index (κ2) is 5.68. The van der Waals surface area contributed by atoms with Gasteiger partial charge < -0.3 is 15.2 Å². The first-order valence-electron chi connectivity index (χ1n) is 7.96. The van der Waals surface area contributed by atoms with Gasteiger partial charge in [0.25, 0.3) is 0 Å². The van der Waals surface area contributed by atoms with E-state index in [2.05, 4.69) is 11.9 Å². The van der Waals surface area contributed by atoms with Crippen LogP contribution in [0, 0.1) is 0 Å². The zero-order chi connectivity index (χ0) is 13.3. The summed E-state index contributed by atoms with van der Waals surface area (Å²) in [7, 11) is 2.26. The van der Waals surface area contributed by atoms with E-state index >= 15 is 0 Å². The third-order valence-electron chi connectivity index (χ3n) is 5.36. The van der Waals surface area contributed by atoms with Crippen LogP contribution in [0.25, 0.3) is 0 Å².